The Kier molecular flexibility index (Phi) is 7.39. The largest absolute Gasteiger partial charge is 0.385 e. The highest BCUT2D eigenvalue weighted by Crippen LogP contribution is 2.03. The van der Waals surface area contributed by atoms with E-state index < -0.39 is 0 Å². The third kappa shape index (κ3) is 5.91. The molecule has 0 spiro atoms. The monoisotopic (exact) mass is 293 g/mol. The Morgan fingerprint density at radius 1 is 1.38 bits per heavy atom. The van der Waals surface area contributed by atoms with Gasteiger partial charge in [0.2, 0.25) is 0 Å². The van der Waals surface area contributed by atoms with Crippen LogP contribution in [0.2, 0.25) is 0 Å². The Hall–Kier alpha value is -1.95. The maximum absolute atomic E-state index is 12.0. The number of methoxy groups -OCH3 is 1. The molecule has 1 atom stereocenters. The second-order valence-corrected chi connectivity index (χ2v) is 4.81. The third-order valence-electron chi connectivity index (χ3n) is 3.06. The van der Waals surface area contributed by atoms with E-state index in [-0.39, 0.29) is 23.6 Å². The van der Waals surface area contributed by atoms with Crippen LogP contribution in [0.15, 0.2) is 18.3 Å². The average Bonchev–Trinajstić information content (AvgIpc) is 2.51. The number of nitrogens with one attached hydrogen (secondary N) is 2. The van der Waals surface area contributed by atoms with Crippen LogP contribution in [0.3, 0.4) is 0 Å². The zero-order valence-corrected chi connectivity index (χ0v) is 12.8. The van der Waals surface area contributed by atoms with Gasteiger partial charge in [-0.05, 0) is 31.9 Å². The van der Waals surface area contributed by atoms with Crippen LogP contribution in [-0.2, 0) is 4.74 Å². The molecule has 0 aromatic carbocycles. The molecule has 0 bridgehead atoms. The van der Waals surface area contributed by atoms with Crippen LogP contribution >= 0.6 is 0 Å². The molecule has 1 aromatic heterocycles. The van der Waals surface area contributed by atoms with Gasteiger partial charge in [0.15, 0.2) is 0 Å². The molecule has 1 heterocycles. The van der Waals surface area contributed by atoms with Gasteiger partial charge in [-0.15, -0.1) is 0 Å². The van der Waals surface area contributed by atoms with Crippen molar-refractivity contribution >= 4 is 11.8 Å². The summed E-state index contributed by atoms with van der Waals surface area (Å²) >= 11 is 0. The zero-order valence-electron chi connectivity index (χ0n) is 12.8. The number of rotatable bonds is 8. The Balaban J connectivity index is 2.62. The lowest BCUT2D eigenvalue weighted by Gasteiger charge is -2.11. The highest BCUT2D eigenvalue weighted by Gasteiger charge is 2.12. The highest BCUT2D eigenvalue weighted by molar-refractivity contribution is 5.98. The predicted octanol–water partition coefficient (Wildman–Crippen LogP) is 1.38. The molecule has 0 aliphatic rings. The van der Waals surface area contributed by atoms with Crippen LogP contribution in [0.4, 0.5) is 0 Å². The molecule has 6 nitrogen and oxygen atoms in total. The summed E-state index contributed by atoms with van der Waals surface area (Å²) in [6.45, 7) is 5.03. The van der Waals surface area contributed by atoms with Crippen LogP contribution in [0.1, 0.15) is 47.5 Å². The van der Waals surface area contributed by atoms with Crippen molar-refractivity contribution in [3.05, 3.63) is 29.6 Å². The first-order valence-electron chi connectivity index (χ1n) is 7.12. The van der Waals surface area contributed by atoms with Crippen LogP contribution < -0.4 is 10.6 Å². The molecule has 0 aliphatic heterocycles. The van der Waals surface area contributed by atoms with Crippen molar-refractivity contribution in [1.82, 2.24) is 15.6 Å². The van der Waals surface area contributed by atoms with Crippen molar-refractivity contribution in [3.63, 3.8) is 0 Å². The Morgan fingerprint density at radius 2 is 2.14 bits per heavy atom. The number of amides is 2. The third-order valence-corrected chi connectivity index (χ3v) is 3.06. The zero-order chi connectivity index (χ0) is 15.7. The van der Waals surface area contributed by atoms with Gasteiger partial charge in [0.05, 0.1) is 0 Å². The number of hydrogen-bond donors (Lipinski definition) is 2. The summed E-state index contributed by atoms with van der Waals surface area (Å²) in [4.78, 5) is 27.9. The Bertz CT molecular complexity index is 477. The van der Waals surface area contributed by atoms with Gasteiger partial charge in [-0.25, -0.2) is 0 Å². The molecule has 2 amide bonds. The maximum atomic E-state index is 12.0. The van der Waals surface area contributed by atoms with Crippen molar-refractivity contribution < 1.29 is 14.3 Å². The lowest BCUT2D eigenvalue weighted by molar-refractivity contribution is 0.0939. The van der Waals surface area contributed by atoms with E-state index in [0.29, 0.717) is 18.7 Å². The molecule has 0 radical (unpaired) electrons. The van der Waals surface area contributed by atoms with Crippen LogP contribution in [0.5, 0.6) is 0 Å². The molecule has 2 N–H and O–H groups in total. The molecule has 0 aliphatic carbocycles. The predicted molar refractivity (Wildman–Crippen MR) is 80.3 cm³/mol. The quantitative estimate of drug-likeness (QED) is 0.710. The normalized spacial score (nSPS) is 11.8. The van der Waals surface area contributed by atoms with Crippen molar-refractivity contribution in [1.29, 1.82) is 0 Å². The maximum Gasteiger partial charge on any atom is 0.269 e. The molecule has 1 unspecified atom stereocenters. The molecule has 116 valence electrons. The van der Waals surface area contributed by atoms with Crippen LogP contribution in [0, 0.1) is 0 Å². The lowest BCUT2D eigenvalue weighted by Crippen LogP contribution is -2.32. The highest BCUT2D eigenvalue weighted by atomic mass is 16.5. The summed E-state index contributed by atoms with van der Waals surface area (Å²) in [5, 5.41) is 5.60. The molecular formula is C15H23N3O3. The van der Waals surface area contributed by atoms with E-state index in [4.69, 9.17) is 4.74 Å². The van der Waals surface area contributed by atoms with Gasteiger partial charge in [-0.3, -0.25) is 14.6 Å². The van der Waals surface area contributed by atoms with Gasteiger partial charge >= 0.3 is 0 Å². The summed E-state index contributed by atoms with van der Waals surface area (Å²) in [6, 6.07) is 3.19. The van der Waals surface area contributed by atoms with Gasteiger partial charge in [-0.1, -0.05) is 6.92 Å². The van der Waals surface area contributed by atoms with Crippen molar-refractivity contribution in [2.75, 3.05) is 20.3 Å². The number of nitrogens with zero attached hydrogens (tertiary/aromatic N) is 1. The van der Waals surface area contributed by atoms with Crippen molar-refractivity contribution in [2.45, 2.75) is 32.7 Å². The van der Waals surface area contributed by atoms with E-state index in [9.17, 15) is 9.59 Å². The first-order valence-corrected chi connectivity index (χ1v) is 7.12. The van der Waals surface area contributed by atoms with E-state index in [1.807, 2.05) is 13.8 Å². The molecule has 0 saturated heterocycles. The van der Waals surface area contributed by atoms with Gasteiger partial charge in [0.25, 0.3) is 11.8 Å². The lowest BCUT2D eigenvalue weighted by atomic mass is 10.2. The second-order valence-electron chi connectivity index (χ2n) is 4.81. The second kappa shape index (κ2) is 9.07. The number of aromatic nitrogens is 1. The molecule has 21 heavy (non-hydrogen) atoms. The number of hydrogen-bond acceptors (Lipinski definition) is 4. The van der Waals surface area contributed by atoms with Gasteiger partial charge < -0.3 is 15.4 Å². The summed E-state index contributed by atoms with van der Waals surface area (Å²) in [5.41, 5.74) is 0.677. The first-order chi connectivity index (χ1) is 10.1. The molecule has 0 fully saturated rings. The van der Waals surface area contributed by atoms with Gasteiger partial charge in [-0.2, -0.15) is 0 Å². The van der Waals surface area contributed by atoms with Gasteiger partial charge in [0, 0.05) is 38.1 Å². The van der Waals surface area contributed by atoms with Crippen molar-refractivity contribution in [3.8, 4) is 0 Å². The van der Waals surface area contributed by atoms with Crippen LogP contribution in [0.25, 0.3) is 0 Å². The fourth-order valence-corrected chi connectivity index (χ4v) is 1.61. The van der Waals surface area contributed by atoms with Crippen LogP contribution in [-0.4, -0.2) is 43.1 Å². The minimum Gasteiger partial charge on any atom is -0.385 e. The molecule has 0 saturated carbocycles. The van der Waals surface area contributed by atoms with E-state index in [1.54, 1.807) is 13.2 Å². The van der Waals surface area contributed by atoms with Gasteiger partial charge in [0.1, 0.15) is 5.69 Å². The Labute approximate surface area is 125 Å². The number of carbonyl (C=O) groups is 2. The summed E-state index contributed by atoms with van der Waals surface area (Å²) < 4.78 is 4.91. The standard InChI is InChI=1S/C15H23N3O3/c1-4-11(2)18-14(19)12-6-8-16-13(10-12)15(20)17-7-5-9-21-3/h6,8,10-11H,4-5,7,9H2,1-3H3,(H,17,20)(H,18,19). The van der Waals surface area contributed by atoms with E-state index in [1.165, 1.54) is 12.3 Å². The molecular weight excluding hydrogens is 270 g/mol. The minimum atomic E-state index is -0.288. The molecule has 1 aromatic rings. The van der Waals surface area contributed by atoms with E-state index in [0.717, 1.165) is 12.8 Å². The minimum absolute atomic E-state index is 0.0944. The number of ether oxygens (including phenoxy) is 1. The topological polar surface area (TPSA) is 80.3 Å². The fourth-order valence-electron chi connectivity index (χ4n) is 1.61. The summed E-state index contributed by atoms with van der Waals surface area (Å²) in [7, 11) is 1.61. The van der Waals surface area contributed by atoms with Crippen molar-refractivity contribution in [2.24, 2.45) is 0 Å². The molecule has 1 rings (SSSR count). The van der Waals surface area contributed by atoms with E-state index in [2.05, 4.69) is 15.6 Å². The first kappa shape index (κ1) is 17.1. The SMILES string of the molecule is CCC(C)NC(=O)c1ccnc(C(=O)NCCCOC)c1. The number of pyridine rings is 1. The summed E-state index contributed by atoms with van der Waals surface area (Å²) in [5.74, 6) is -0.482. The van der Waals surface area contributed by atoms with E-state index >= 15 is 0 Å². The molecule has 6 heteroatoms. The average molecular weight is 293 g/mol. The Morgan fingerprint density at radius 3 is 2.81 bits per heavy atom. The number of carbonyl (C=O) groups excluding carboxylic acids is 2. The summed E-state index contributed by atoms with van der Waals surface area (Å²) in [6.07, 6.45) is 3.05. The fraction of sp³-hybridized carbons (Fsp3) is 0.533. The smallest absolute Gasteiger partial charge is 0.269 e.